The molecule has 3 aromatic rings. The van der Waals surface area contributed by atoms with Crippen LogP contribution in [-0.2, 0) is 11.2 Å². The van der Waals surface area contributed by atoms with Crippen LogP contribution in [0.4, 0.5) is 11.4 Å². The van der Waals surface area contributed by atoms with E-state index in [4.69, 9.17) is 11.6 Å². The number of amides is 1. The zero-order valence-electron chi connectivity index (χ0n) is 12.9. The third kappa shape index (κ3) is 4.02. The normalized spacial score (nSPS) is 10.4. The number of nitro groups is 1. The van der Waals surface area contributed by atoms with Crippen molar-refractivity contribution in [2.45, 2.75) is 6.42 Å². The Morgan fingerprint density at radius 1 is 1.24 bits per heavy atom. The van der Waals surface area contributed by atoms with Gasteiger partial charge in [-0.1, -0.05) is 29.8 Å². The molecule has 0 atom stereocenters. The maximum Gasteiger partial charge on any atom is 0.289 e. The molecule has 0 unspecified atom stereocenters. The number of halogens is 1. The van der Waals surface area contributed by atoms with Gasteiger partial charge < -0.3 is 5.32 Å². The summed E-state index contributed by atoms with van der Waals surface area (Å²) < 4.78 is 1.68. The van der Waals surface area contributed by atoms with Gasteiger partial charge >= 0.3 is 0 Å². The molecular formula is C17H13ClN4O3. The lowest BCUT2D eigenvalue weighted by atomic mass is 10.2. The number of rotatable bonds is 5. The van der Waals surface area contributed by atoms with Crippen molar-refractivity contribution in [3.05, 3.63) is 81.6 Å². The van der Waals surface area contributed by atoms with E-state index in [2.05, 4.69) is 10.4 Å². The number of carbonyl (C=O) groups is 1. The Morgan fingerprint density at radius 2 is 2.00 bits per heavy atom. The fraction of sp³-hybridized carbons (Fsp3) is 0.0588. The van der Waals surface area contributed by atoms with Gasteiger partial charge in [-0.2, -0.15) is 5.10 Å². The van der Waals surface area contributed by atoms with Crippen LogP contribution in [0.2, 0.25) is 5.02 Å². The number of carbonyl (C=O) groups excluding carboxylic acids is 1. The van der Waals surface area contributed by atoms with Crippen LogP contribution in [0.1, 0.15) is 5.56 Å². The first kappa shape index (κ1) is 16.7. The molecule has 3 rings (SSSR count). The van der Waals surface area contributed by atoms with E-state index >= 15 is 0 Å². The molecule has 25 heavy (non-hydrogen) atoms. The number of nitrogens with zero attached hydrogens (tertiary/aromatic N) is 3. The Hall–Kier alpha value is -3.19. The first-order valence-electron chi connectivity index (χ1n) is 7.36. The second-order valence-electron chi connectivity index (χ2n) is 5.28. The summed E-state index contributed by atoms with van der Waals surface area (Å²) in [4.78, 5) is 22.4. The van der Waals surface area contributed by atoms with Crippen LogP contribution in [0.3, 0.4) is 0 Å². The molecule has 0 saturated heterocycles. The lowest BCUT2D eigenvalue weighted by Crippen LogP contribution is -2.14. The number of para-hydroxylation sites is 1. The zero-order chi connectivity index (χ0) is 17.8. The second kappa shape index (κ2) is 7.14. The number of hydrogen-bond acceptors (Lipinski definition) is 4. The Balaban J connectivity index is 1.68. The molecule has 0 fully saturated rings. The minimum atomic E-state index is -0.595. The zero-order valence-corrected chi connectivity index (χ0v) is 13.7. The summed E-state index contributed by atoms with van der Waals surface area (Å²) in [6.07, 6.45) is 3.47. The summed E-state index contributed by atoms with van der Waals surface area (Å²) in [5.41, 5.74) is 1.68. The van der Waals surface area contributed by atoms with Gasteiger partial charge in [0.05, 0.1) is 23.2 Å². The van der Waals surface area contributed by atoms with Crippen LogP contribution in [0.25, 0.3) is 5.69 Å². The van der Waals surface area contributed by atoms with Crippen molar-refractivity contribution in [1.82, 2.24) is 9.78 Å². The number of benzene rings is 2. The summed E-state index contributed by atoms with van der Waals surface area (Å²) in [6, 6.07) is 13.6. The molecule has 0 radical (unpaired) electrons. The molecule has 0 aliphatic heterocycles. The monoisotopic (exact) mass is 356 g/mol. The molecule has 0 bridgehead atoms. The third-order valence-corrected chi connectivity index (χ3v) is 3.77. The van der Waals surface area contributed by atoms with E-state index in [9.17, 15) is 14.9 Å². The lowest BCUT2D eigenvalue weighted by molar-refractivity contribution is -0.384. The Bertz CT molecular complexity index is 925. The quantitative estimate of drug-likeness (QED) is 0.558. The molecule has 0 aliphatic rings. The van der Waals surface area contributed by atoms with Gasteiger partial charge in [-0.05, 0) is 29.8 Å². The van der Waals surface area contributed by atoms with Gasteiger partial charge in [-0.15, -0.1) is 0 Å². The Kier molecular flexibility index (Phi) is 4.76. The highest BCUT2D eigenvalue weighted by Gasteiger charge is 2.14. The summed E-state index contributed by atoms with van der Waals surface area (Å²) in [5.74, 6) is -0.302. The smallest absolute Gasteiger partial charge is 0.289 e. The predicted octanol–water partition coefficient (Wildman–Crippen LogP) is 3.62. The molecule has 7 nitrogen and oxygen atoms in total. The largest absolute Gasteiger partial charge is 0.326 e. The van der Waals surface area contributed by atoms with Crippen molar-refractivity contribution < 1.29 is 9.72 Å². The van der Waals surface area contributed by atoms with Crippen molar-refractivity contribution in [2.75, 3.05) is 5.32 Å². The SMILES string of the molecule is O=C(Cc1cnn(-c2ccccc2)c1)Nc1ccc(Cl)c([N+](=O)[O-])c1. The summed E-state index contributed by atoms with van der Waals surface area (Å²) in [6.45, 7) is 0. The van der Waals surface area contributed by atoms with Crippen molar-refractivity contribution >= 4 is 28.9 Å². The van der Waals surface area contributed by atoms with Gasteiger partial charge in [-0.3, -0.25) is 14.9 Å². The van der Waals surface area contributed by atoms with E-state index in [1.54, 1.807) is 17.1 Å². The molecule has 0 saturated carbocycles. The van der Waals surface area contributed by atoms with Crippen molar-refractivity contribution in [1.29, 1.82) is 0 Å². The Labute approximate surface area is 148 Å². The van der Waals surface area contributed by atoms with E-state index in [0.717, 1.165) is 11.3 Å². The van der Waals surface area contributed by atoms with Gasteiger partial charge in [0.1, 0.15) is 5.02 Å². The van der Waals surface area contributed by atoms with Crippen LogP contribution in [0, 0.1) is 10.1 Å². The third-order valence-electron chi connectivity index (χ3n) is 3.45. The minimum absolute atomic E-state index is 0.0205. The fourth-order valence-corrected chi connectivity index (χ4v) is 2.48. The number of nitrogens with one attached hydrogen (secondary N) is 1. The molecule has 0 spiro atoms. The van der Waals surface area contributed by atoms with Gasteiger partial charge in [0.15, 0.2) is 0 Å². The van der Waals surface area contributed by atoms with E-state index in [-0.39, 0.29) is 23.0 Å². The molecule has 1 aromatic heterocycles. The number of nitro benzene ring substituents is 1. The average molecular weight is 357 g/mol. The van der Waals surface area contributed by atoms with E-state index in [0.29, 0.717) is 5.69 Å². The molecule has 1 heterocycles. The van der Waals surface area contributed by atoms with Crippen LogP contribution >= 0.6 is 11.6 Å². The van der Waals surface area contributed by atoms with Crippen molar-refractivity contribution in [3.63, 3.8) is 0 Å². The van der Waals surface area contributed by atoms with Gasteiger partial charge in [-0.25, -0.2) is 4.68 Å². The minimum Gasteiger partial charge on any atom is -0.326 e. The molecular weight excluding hydrogens is 344 g/mol. The predicted molar refractivity (Wildman–Crippen MR) is 94.0 cm³/mol. The highest BCUT2D eigenvalue weighted by atomic mass is 35.5. The maximum absolute atomic E-state index is 12.1. The average Bonchev–Trinajstić information content (AvgIpc) is 3.05. The highest BCUT2D eigenvalue weighted by molar-refractivity contribution is 6.32. The first-order chi connectivity index (χ1) is 12.0. The number of anilines is 1. The molecule has 1 N–H and O–H groups in total. The standard InChI is InChI=1S/C17H13ClN4O3/c18-15-7-6-13(9-16(15)22(24)25)20-17(23)8-12-10-19-21(11-12)14-4-2-1-3-5-14/h1-7,9-11H,8H2,(H,20,23). The van der Waals surface area contributed by atoms with E-state index < -0.39 is 4.92 Å². The molecule has 2 aromatic carbocycles. The van der Waals surface area contributed by atoms with Crippen LogP contribution in [-0.4, -0.2) is 20.6 Å². The number of aromatic nitrogens is 2. The number of hydrogen-bond donors (Lipinski definition) is 1. The molecule has 8 heteroatoms. The molecule has 0 aliphatic carbocycles. The van der Waals surface area contributed by atoms with Crippen molar-refractivity contribution in [2.24, 2.45) is 0 Å². The van der Waals surface area contributed by atoms with Gasteiger partial charge in [0.2, 0.25) is 5.91 Å². The van der Waals surface area contributed by atoms with Gasteiger partial charge in [0.25, 0.3) is 5.69 Å². The second-order valence-corrected chi connectivity index (χ2v) is 5.68. The summed E-state index contributed by atoms with van der Waals surface area (Å²) >= 11 is 5.75. The molecule has 126 valence electrons. The topological polar surface area (TPSA) is 90.1 Å². The van der Waals surface area contributed by atoms with Crippen LogP contribution in [0.15, 0.2) is 60.9 Å². The summed E-state index contributed by atoms with van der Waals surface area (Å²) in [5, 5.41) is 17.8. The lowest BCUT2D eigenvalue weighted by Gasteiger charge is -2.05. The van der Waals surface area contributed by atoms with Gasteiger partial charge in [0, 0.05) is 18.0 Å². The fourth-order valence-electron chi connectivity index (χ4n) is 2.29. The summed E-state index contributed by atoms with van der Waals surface area (Å²) in [7, 11) is 0. The maximum atomic E-state index is 12.1. The Morgan fingerprint density at radius 3 is 2.72 bits per heavy atom. The van der Waals surface area contributed by atoms with Crippen molar-refractivity contribution in [3.8, 4) is 5.69 Å². The molecule has 1 amide bonds. The van der Waals surface area contributed by atoms with Crippen LogP contribution in [0.5, 0.6) is 0 Å². The first-order valence-corrected chi connectivity index (χ1v) is 7.73. The highest BCUT2D eigenvalue weighted by Crippen LogP contribution is 2.27. The van der Waals surface area contributed by atoms with E-state index in [1.165, 1.54) is 18.2 Å². The van der Waals surface area contributed by atoms with E-state index in [1.807, 2.05) is 30.3 Å². The van der Waals surface area contributed by atoms with Crippen LogP contribution < -0.4 is 5.32 Å².